The zero-order valence-corrected chi connectivity index (χ0v) is 12.4. The summed E-state index contributed by atoms with van der Waals surface area (Å²) in [5.41, 5.74) is 2.09. The van der Waals surface area contributed by atoms with Gasteiger partial charge in [0.25, 0.3) is 0 Å². The smallest absolute Gasteiger partial charge is 0.193 e. The highest BCUT2D eigenvalue weighted by atomic mass is 35.5. The summed E-state index contributed by atoms with van der Waals surface area (Å²) in [6.45, 7) is 0.135. The Hall–Kier alpha value is -1.36. The molecule has 1 unspecified atom stereocenters. The summed E-state index contributed by atoms with van der Waals surface area (Å²) < 4.78 is 2.02. The highest BCUT2D eigenvalue weighted by Crippen LogP contribution is 2.21. The number of imidazole rings is 1. The van der Waals surface area contributed by atoms with E-state index in [4.69, 9.17) is 11.6 Å². The van der Waals surface area contributed by atoms with Crippen molar-refractivity contribution in [2.45, 2.75) is 12.8 Å². The summed E-state index contributed by atoms with van der Waals surface area (Å²) in [6.07, 6.45) is 5.55. The van der Waals surface area contributed by atoms with E-state index in [9.17, 15) is 5.11 Å². The van der Waals surface area contributed by atoms with Crippen molar-refractivity contribution in [3.63, 3.8) is 0 Å². The van der Waals surface area contributed by atoms with E-state index in [1.807, 2.05) is 46.4 Å². The third-order valence-electron chi connectivity index (χ3n) is 3.37. The second-order valence-corrected chi connectivity index (χ2v) is 6.15. The van der Waals surface area contributed by atoms with Crippen LogP contribution in [0.1, 0.15) is 11.3 Å². The molecule has 2 aromatic heterocycles. The second kappa shape index (κ2) is 5.95. The summed E-state index contributed by atoms with van der Waals surface area (Å²) in [5, 5.41) is 12.4. The highest BCUT2D eigenvalue weighted by molar-refractivity contribution is 7.15. The van der Waals surface area contributed by atoms with E-state index in [2.05, 4.69) is 4.98 Å². The first-order chi connectivity index (χ1) is 9.76. The Balaban J connectivity index is 1.74. The Bertz CT molecular complexity index is 678. The van der Waals surface area contributed by atoms with E-state index >= 15 is 0 Å². The average Bonchev–Trinajstić information content (AvgIpc) is 3.01. The van der Waals surface area contributed by atoms with E-state index in [-0.39, 0.29) is 12.5 Å². The summed E-state index contributed by atoms with van der Waals surface area (Å²) in [5.74, 6) is 0.138. The van der Waals surface area contributed by atoms with Gasteiger partial charge in [-0.1, -0.05) is 29.8 Å². The third kappa shape index (κ3) is 2.87. The normalized spacial score (nSPS) is 12.9. The first-order valence-corrected chi connectivity index (χ1v) is 7.77. The van der Waals surface area contributed by atoms with E-state index in [1.54, 1.807) is 11.3 Å². The van der Waals surface area contributed by atoms with Crippen LogP contribution in [-0.2, 0) is 12.8 Å². The molecule has 0 spiro atoms. The zero-order valence-electron chi connectivity index (χ0n) is 10.9. The van der Waals surface area contributed by atoms with Crippen LogP contribution < -0.4 is 0 Å². The van der Waals surface area contributed by atoms with E-state index < -0.39 is 0 Å². The molecule has 20 heavy (non-hydrogen) atoms. The molecule has 0 fully saturated rings. The number of aliphatic hydroxyl groups is 1. The van der Waals surface area contributed by atoms with Crippen molar-refractivity contribution in [2.75, 3.05) is 6.61 Å². The van der Waals surface area contributed by atoms with Gasteiger partial charge in [-0.25, -0.2) is 4.98 Å². The quantitative estimate of drug-likeness (QED) is 0.784. The molecule has 0 saturated heterocycles. The van der Waals surface area contributed by atoms with Crippen molar-refractivity contribution in [2.24, 2.45) is 5.92 Å². The molecule has 5 heteroatoms. The van der Waals surface area contributed by atoms with Crippen LogP contribution in [0.4, 0.5) is 0 Å². The molecule has 3 nitrogen and oxygen atoms in total. The van der Waals surface area contributed by atoms with Crippen molar-refractivity contribution in [3.05, 3.63) is 58.3 Å². The lowest BCUT2D eigenvalue weighted by molar-refractivity contribution is 0.224. The molecule has 0 aliphatic heterocycles. The van der Waals surface area contributed by atoms with Gasteiger partial charge in [-0.2, -0.15) is 0 Å². The molecule has 1 aromatic carbocycles. The van der Waals surface area contributed by atoms with Gasteiger partial charge in [0.2, 0.25) is 0 Å². The molecule has 1 atom stereocenters. The van der Waals surface area contributed by atoms with Gasteiger partial charge in [-0.15, -0.1) is 11.3 Å². The first-order valence-electron chi connectivity index (χ1n) is 6.51. The lowest BCUT2D eigenvalue weighted by atomic mass is 9.96. The van der Waals surface area contributed by atoms with Gasteiger partial charge in [-0.3, -0.25) is 4.40 Å². The fourth-order valence-corrected chi connectivity index (χ4v) is 3.28. The zero-order chi connectivity index (χ0) is 13.9. The molecule has 3 rings (SSSR count). The molecule has 0 aliphatic rings. The number of hydrogen-bond donors (Lipinski definition) is 1. The highest BCUT2D eigenvalue weighted by Gasteiger charge is 2.14. The van der Waals surface area contributed by atoms with Gasteiger partial charge in [-0.05, 0) is 30.4 Å². The molecule has 0 aliphatic carbocycles. The minimum Gasteiger partial charge on any atom is -0.396 e. The van der Waals surface area contributed by atoms with Crippen LogP contribution in [0.3, 0.4) is 0 Å². The number of halogens is 1. The molecule has 2 heterocycles. The Morgan fingerprint density at radius 1 is 1.30 bits per heavy atom. The van der Waals surface area contributed by atoms with Gasteiger partial charge >= 0.3 is 0 Å². The van der Waals surface area contributed by atoms with Crippen molar-refractivity contribution in [3.8, 4) is 0 Å². The van der Waals surface area contributed by atoms with E-state index in [0.29, 0.717) is 0 Å². The van der Waals surface area contributed by atoms with Crippen molar-refractivity contribution in [1.82, 2.24) is 9.38 Å². The third-order valence-corrected chi connectivity index (χ3v) is 4.51. The maximum absolute atomic E-state index is 9.59. The van der Waals surface area contributed by atoms with Crippen LogP contribution in [0.2, 0.25) is 5.02 Å². The van der Waals surface area contributed by atoms with Crippen LogP contribution >= 0.6 is 22.9 Å². The predicted octanol–water partition coefficient (Wildman–Crippen LogP) is 3.44. The fourth-order valence-electron chi connectivity index (χ4n) is 2.35. The van der Waals surface area contributed by atoms with E-state index in [1.165, 1.54) is 0 Å². The van der Waals surface area contributed by atoms with Gasteiger partial charge in [0.15, 0.2) is 4.96 Å². The topological polar surface area (TPSA) is 37.5 Å². The molecule has 0 bridgehead atoms. The molecule has 0 radical (unpaired) electrons. The minimum absolute atomic E-state index is 0.135. The van der Waals surface area contributed by atoms with Crippen LogP contribution in [-0.4, -0.2) is 21.1 Å². The van der Waals surface area contributed by atoms with Crippen LogP contribution in [0.15, 0.2) is 42.0 Å². The summed E-state index contributed by atoms with van der Waals surface area (Å²) in [6, 6.07) is 7.79. The Kier molecular flexibility index (Phi) is 4.05. The van der Waals surface area contributed by atoms with Gasteiger partial charge in [0.1, 0.15) is 0 Å². The standard InChI is InChI=1S/C15H15ClN2OS/c16-14-4-2-1-3-12(14)7-11(10-19)8-13-9-18-5-6-20-15(18)17-13/h1-6,9,11,19H,7-8,10H2. The van der Waals surface area contributed by atoms with Crippen molar-refractivity contribution in [1.29, 1.82) is 0 Å². The number of hydrogen-bond acceptors (Lipinski definition) is 3. The molecular weight excluding hydrogens is 292 g/mol. The molecule has 3 aromatic rings. The average molecular weight is 307 g/mol. The predicted molar refractivity (Wildman–Crippen MR) is 82.5 cm³/mol. The number of aliphatic hydroxyl groups excluding tert-OH is 1. The summed E-state index contributed by atoms with van der Waals surface area (Å²) >= 11 is 7.79. The van der Waals surface area contributed by atoms with Crippen LogP contribution in [0.5, 0.6) is 0 Å². The maximum Gasteiger partial charge on any atom is 0.193 e. The van der Waals surface area contributed by atoms with Gasteiger partial charge in [0, 0.05) is 29.4 Å². The number of rotatable bonds is 5. The van der Waals surface area contributed by atoms with Crippen LogP contribution in [0.25, 0.3) is 4.96 Å². The molecule has 1 N–H and O–H groups in total. The van der Waals surface area contributed by atoms with E-state index in [0.717, 1.165) is 34.1 Å². The Morgan fingerprint density at radius 3 is 2.90 bits per heavy atom. The SMILES string of the molecule is OCC(Cc1cn2ccsc2n1)Cc1ccccc1Cl. The number of aromatic nitrogens is 2. The van der Waals surface area contributed by atoms with Gasteiger partial charge in [0.05, 0.1) is 5.69 Å². The summed E-state index contributed by atoms with van der Waals surface area (Å²) in [7, 11) is 0. The fraction of sp³-hybridized carbons (Fsp3) is 0.267. The number of nitrogens with zero attached hydrogens (tertiary/aromatic N) is 2. The lowest BCUT2D eigenvalue weighted by Gasteiger charge is -2.13. The molecular formula is C15H15ClN2OS. The minimum atomic E-state index is 0.135. The molecule has 0 saturated carbocycles. The monoisotopic (exact) mass is 306 g/mol. The maximum atomic E-state index is 9.59. The van der Waals surface area contributed by atoms with Crippen molar-refractivity contribution < 1.29 is 5.11 Å². The van der Waals surface area contributed by atoms with Crippen molar-refractivity contribution >= 4 is 27.9 Å². The second-order valence-electron chi connectivity index (χ2n) is 4.87. The molecule has 0 amide bonds. The Morgan fingerprint density at radius 2 is 2.15 bits per heavy atom. The number of benzene rings is 1. The number of thiazole rings is 1. The number of fused-ring (bicyclic) bond motifs is 1. The van der Waals surface area contributed by atoms with Gasteiger partial charge < -0.3 is 5.11 Å². The first kappa shape index (κ1) is 13.6. The lowest BCUT2D eigenvalue weighted by Crippen LogP contribution is -2.13. The molecule has 104 valence electrons. The Labute approximate surface area is 126 Å². The summed E-state index contributed by atoms with van der Waals surface area (Å²) in [4.78, 5) is 5.56. The van der Waals surface area contributed by atoms with Crippen LogP contribution in [0, 0.1) is 5.92 Å². The largest absolute Gasteiger partial charge is 0.396 e.